The summed E-state index contributed by atoms with van der Waals surface area (Å²) >= 11 is 0. The second-order valence-corrected chi connectivity index (χ2v) is 5.50. The van der Waals surface area contributed by atoms with Crippen molar-refractivity contribution in [1.29, 1.82) is 0 Å². The lowest BCUT2D eigenvalue weighted by atomic mass is 10.2. The monoisotopic (exact) mass is 279 g/mol. The number of aromatic nitrogens is 4. The second kappa shape index (κ2) is 4.48. The lowest BCUT2D eigenvalue weighted by molar-refractivity contribution is 0.720. The minimum Gasteiger partial charge on any atom is -0.383 e. The quantitative estimate of drug-likeness (QED) is 0.801. The number of benzene rings is 1. The second-order valence-electron chi connectivity index (χ2n) is 5.50. The molecule has 0 aliphatic heterocycles. The number of rotatable bonds is 3. The molecule has 1 aliphatic carbocycles. The summed E-state index contributed by atoms with van der Waals surface area (Å²) in [6.45, 7) is 2.01. The third-order valence-electron chi connectivity index (χ3n) is 3.91. The first kappa shape index (κ1) is 12.2. The molecule has 0 bridgehead atoms. The van der Waals surface area contributed by atoms with Crippen LogP contribution in [0.15, 0.2) is 42.7 Å². The SMILES string of the molecule is Cc1nc(-c2cnn(-c3ccccc3)c2)c(N)n1C1CC1. The number of nitrogens with two attached hydrogens (primary N) is 1. The molecule has 2 aromatic heterocycles. The van der Waals surface area contributed by atoms with E-state index in [9.17, 15) is 0 Å². The Kier molecular flexibility index (Phi) is 2.60. The average Bonchev–Trinajstić information content (AvgIpc) is 3.12. The number of nitrogen functional groups attached to an aromatic ring is 1. The van der Waals surface area contributed by atoms with Crippen molar-refractivity contribution in [2.24, 2.45) is 0 Å². The fraction of sp³-hybridized carbons (Fsp3) is 0.250. The first-order valence-electron chi connectivity index (χ1n) is 7.19. The Labute approximate surface area is 123 Å². The zero-order chi connectivity index (χ0) is 14.4. The van der Waals surface area contributed by atoms with Gasteiger partial charge in [-0.05, 0) is 31.9 Å². The molecule has 1 aliphatic rings. The van der Waals surface area contributed by atoms with Crippen molar-refractivity contribution in [1.82, 2.24) is 19.3 Å². The van der Waals surface area contributed by atoms with Crippen LogP contribution in [-0.4, -0.2) is 19.3 Å². The molecule has 0 spiro atoms. The zero-order valence-electron chi connectivity index (χ0n) is 11.9. The van der Waals surface area contributed by atoms with Gasteiger partial charge in [-0.3, -0.25) is 0 Å². The number of imidazole rings is 1. The van der Waals surface area contributed by atoms with Gasteiger partial charge in [-0.15, -0.1) is 0 Å². The largest absolute Gasteiger partial charge is 0.383 e. The van der Waals surface area contributed by atoms with Crippen LogP contribution in [0.1, 0.15) is 24.7 Å². The third kappa shape index (κ3) is 2.01. The summed E-state index contributed by atoms with van der Waals surface area (Å²) in [5.74, 6) is 1.74. The molecule has 0 unspecified atom stereocenters. The molecule has 0 saturated heterocycles. The van der Waals surface area contributed by atoms with E-state index in [2.05, 4.69) is 14.6 Å². The van der Waals surface area contributed by atoms with E-state index in [0.717, 1.165) is 28.6 Å². The van der Waals surface area contributed by atoms with E-state index in [1.165, 1.54) is 12.8 Å². The molecule has 2 N–H and O–H groups in total. The minimum atomic E-state index is 0.537. The third-order valence-corrected chi connectivity index (χ3v) is 3.91. The number of hydrogen-bond donors (Lipinski definition) is 1. The number of hydrogen-bond acceptors (Lipinski definition) is 3. The summed E-state index contributed by atoms with van der Waals surface area (Å²) in [4.78, 5) is 4.63. The molecule has 0 atom stereocenters. The molecule has 5 nitrogen and oxygen atoms in total. The molecular weight excluding hydrogens is 262 g/mol. The molecule has 1 saturated carbocycles. The van der Waals surface area contributed by atoms with E-state index in [1.54, 1.807) is 0 Å². The van der Waals surface area contributed by atoms with Gasteiger partial charge < -0.3 is 10.3 Å². The van der Waals surface area contributed by atoms with Gasteiger partial charge in [0.25, 0.3) is 0 Å². The summed E-state index contributed by atoms with van der Waals surface area (Å²) in [6, 6.07) is 10.6. The van der Waals surface area contributed by atoms with Crippen LogP contribution in [-0.2, 0) is 0 Å². The lowest BCUT2D eigenvalue weighted by Crippen LogP contribution is -2.02. The van der Waals surface area contributed by atoms with Crippen molar-refractivity contribution in [3.8, 4) is 16.9 Å². The maximum Gasteiger partial charge on any atom is 0.132 e. The molecule has 0 radical (unpaired) electrons. The van der Waals surface area contributed by atoms with Gasteiger partial charge in [0, 0.05) is 17.8 Å². The van der Waals surface area contributed by atoms with Crippen LogP contribution in [0.4, 0.5) is 5.82 Å². The van der Waals surface area contributed by atoms with E-state index >= 15 is 0 Å². The first-order chi connectivity index (χ1) is 10.2. The molecule has 1 aromatic carbocycles. The number of nitrogens with zero attached hydrogens (tertiary/aromatic N) is 4. The zero-order valence-corrected chi connectivity index (χ0v) is 11.9. The maximum absolute atomic E-state index is 6.29. The normalized spacial score (nSPS) is 14.5. The molecule has 106 valence electrons. The van der Waals surface area contributed by atoms with Crippen LogP contribution in [0.25, 0.3) is 16.9 Å². The number of para-hydroxylation sites is 1. The smallest absolute Gasteiger partial charge is 0.132 e. The standard InChI is InChI=1S/C16H17N5/c1-11-19-15(16(17)21(11)14-7-8-14)12-9-18-20(10-12)13-5-3-2-4-6-13/h2-6,9-10,14H,7-8,17H2,1H3. The van der Waals surface area contributed by atoms with E-state index in [-0.39, 0.29) is 0 Å². The molecule has 3 aromatic rings. The molecule has 0 amide bonds. The summed E-state index contributed by atoms with van der Waals surface area (Å²) in [5, 5.41) is 4.42. The Hall–Kier alpha value is -2.56. The fourth-order valence-electron chi connectivity index (χ4n) is 2.73. The van der Waals surface area contributed by atoms with Crippen molar-refractivity contribution < 1.29 is 0 Å². The van der Waals surface area contributed by atoms with Crippen molar-refractivity contribution >= 4 is 5.82 Å². The van der Waals surface area contributed by atoms with Crippen LogP contribution >= 0.6 is 0 Å². The molecule has 4 rings (SSSR count). The van der Waals surface area contributed by atoms with Crippen molar-refractivity contribution in [2.75, 3.05) is 5.73 Å². The maximum atomic E-state index is 6.29. The Bertz CT molecular complexity index is 780. The van der Waals surface area contributed by atoms with Gasteiger partial charge in [0.05, 0.1) is 11.9 Å². The first-order valence-corrected chi connectivity index (χ1v) is 7.19. The van der Waals surface area contributed by atoms with Crippen LogP contribution in [0.2, 0.25) is 0 Å². The van der Waals surface area contributed by atoms with E-state index in [1.807, 2.05) is 54.3 Å². The summed E-state index contributed by atoms with van der Waals surface area (Å²) < 4.78 is 4.00. The van der Waals surface area contributed by atoms with Gasteiger partial charge >= 0.3 is 0 Å². The van der Waals surface area contributed by atoms with Gasteiger partial charge in [0.2, 0.25) is 0 Å². The highest BCUT2D eigenvalue weighted by Gasteiger charge is 2.29. The Morgan fingerprint density at radius 1 is 1.19 bits per heavy atom. The predicted octanol–water partition coefficient (Wildman–Crippen LogP) is 2.96. The van der Waals surface area contributed by atoms with Crippen LogP contribution in [0.3, 0.4) is 0 Å². The number of aryl methyl sites for hydroxylation is 1. The van der Waals surface area contributed by atoms with Crippen LogP contribution in [0.5, 0.6) is 0 Å². The molecule has 1 fully saturated rings. The highest BCUT2D eigenvalue weighted by Crippen LogP contribution is 2.40. The van der Waals surface area contributed by atoms with E-state index < -0.39 is 0 Å². The summed E-state index contributed by atoms with van der Waals surface area (Å²) in [7, 11) is 0. The van der Waals surface area contributed by atoms with Crippen molar-refractivity contribution in [3.63, 3.8) is 0 Å². The van der Waals surface area contributed by atoms with Crippen molar-refractivity contribution in [3.05, 3.63) is 48.5 Å². The van der Waals surface area contributed by atoms with E-state index in [4.69, 9.17) is 5.73 Å². The van der Waals surface area contributed by atoms with Crippen molar-refractivity contribution in [2.45, 2.75) is 25.8 Å². The van der Waals surface area contributed by atoms with Crippen LogP contribution in [0, 0.1) is 6.92 Å². The molecular formula is C16H17N5. The molecule has 21 heavy (non-hydrogen) atoms. The molecule has 5 heteroatoms. The number of anilines is 1. The Balaban J connectivity index is 1.75. The predicted molar refractivity (Wildman–Crippen MR) is 82.2 cm³/mol. The topological polar surface area (TPSA) is 61.7 Å². The van der Waals surface area contributed by atoms with Gasteiger partial charge in [-0.2, -0.15) is 5.10 Å². The van der Waals surface area contributed by atoms with Gasteiger partial charge in [-0.1, -0.05) is 18.2 Å². The Morgan fingerprint density at radius 2 is 1.95 bits per heavy atom. The van der Waals surface area contributed by atoms with Crippen LogP contribution < -0.4 is 5.73 Å². The van der Waals surface area contributed by atoms with Gasteiger partial charge in [0.15, 0.2) is 0 Å². The summed E-state index contributed by atoms with van der Waals surface area (Å²) in [5.41, 5.74) is 9.11. The summed E-state index contributed by atoms with van der Waals surface area (Å²) in [6.07, 6.45) is 6.20. The fourth-order valence-corrected chi connectivity index (χ4v) is 2.73. The van der Waals surface area contributed by atoms with Gasteiger partial charge in [-0.25, -0.2) is 9.67 Å². The average molecular weight is 279 g/mol. The Morgan fingerprint density at radius 3 is 2.67 bits per heavy atom. The van der Waals surface area contributed by atoms with Gasteiger partial charge in [0.1, 0.15) is 17.3 Å². The lowest BCUT2D eigenvalue weighted by Gasteiger charge is -2.04. The van der Waals surface area contributed by atoms with E-state index in [0.29, 0.717) is 6.04 Å². The highest BCUT2D eigenvalue weighted by atomic mass is 15.3. The minimum absolute atomic E-state index is 0.537. The highest BCUT2D eigenvalue weighted by molar-refractivity contribution is 5.70. The molecule has 2 heterocycles.